The van der Waals surface area contributed by atoms with Gasteiger partial charge >= 0.3 is 5.97 Å². The average molecular weight is 515 g/mol. The zero-order valence-corrected chi connectivity index (χ0v) is 22.3. The predicted octanol–water partition coefficient (Wildman–Crippen LogP) is 5.25. The van der Waals surface area contributed by atoms with Gasteiger partial charge in [0.1, 0.15) is 17.4 Å². The first-order chi connectivity index (χ1) is 16.7. The van der Waals surface area contributed by atoms with Gasteiger partial charge in [0.05, 0.1) is 17.9 Å². The summed E-state index contributed by atoms with van der Waals surface area (Å²) in [7, 11) is 0. The maximum absolute atomic E-state index is 12.7. The van der Waals surface area contributed by atoms with Crippen molar-refractivity contribution >= 4 is 40.0 Å². The van der Waals surface area contributed by atoms with Gasteiger partial charge in [-0.3, -0.25) is 9.36 Å². The normalized spacial score (nSPS) is 10.8. The maximum Gasteiger partial charge on any atom is 0.341 e. The largest absolute Gasteiger partial charge is 0.486 e. The van der Waals surface area contributed by atoms with Crippen LogP contribution in [-0.4, -0.2) is 39.0 Å². The third kappa shape index (κ3) is 6.52. The molecule has 1 amide bonds. The molecular weight excluding hydrogens is 484 g/mol. The second-order valence-corrected chi connectivity index (χ2v) is 10.0. The summed E-state index contributed by atoms with van der Waals surface area (Å²) < 4.78 is 12.9. The van der Waals surface area contributed by atoms with Gasteiger partial charge < -0.3 is 14.8 Å². The van der Waals surface area contributed by atoms with Crippen LogP contribution in [0.15, 0.2) is 36.0 Å². The molecule has 10 heteroatoms. The Bertz CT molecular complexity index is 1230. The van der Waals surface area contributed by atoms with Gasteiger partial charge in [0.15, 0.2) is 11.0 Å². The fraction of sp³-hybridized carbons (Fsp3) is 0.360. The minimum absolute atomic E-state index is 0.103. The van der Waals surface area contributed by atoms with Gasteiger partial charge in [-0.05, 0) is 63.4 Å². The number of anilines is 1. The third-order valence-electron chi connectivity index (χ3n) is 5.40. The number of benzene rings is 1. The Kier molecular flexibility index (Phi) is 9.11. The molecule has 0 aliphatic rings. The third-order valence-corrected chi connectivity index (χ3v) is 7.49. The van der Waals surface area contributed by atoms with Crippen LogP contribution in [0.25, 0.3) is 0 Å². The number of hydrogen-bond donors (Lipinski definition) is 1. The summed E-state index contributed by atoms with van der Waals surface area (Å²) in [4.78, 5) is 26.0. The van der Waals surface area contributed by atoms with Crippen molar-refractivity contribution in [2.24, 2.45) is 0 Å². The number of nitrogens with zero attached hydrogens (tertiary/aromatic N) is 3. The Morgan fingerprint density at radius 2 is 1.97 bits per heavy atom. The lowest BCUT2D eigenvalue weighted by Gasteiger charge is -2.10. The standard InChI is InChI=1S/C25H30N4O4S2/c1-7-11-29-20(13-33-19-10-9-15(3)16(4)12-19)27-28-25(29)34-14-21(30)26-23-22(24(31)32-8-2)17(5)18(6)35-23/h7,9-10,12H,1,8,11,13-14H2,2-6H3,(H,26,30). The molecule has 0 bridgehead atoms. The molecule has 2 aromatic heterocycles. The summed E-state index contributed by atoms with van der Waals surface area (Å²) in [6, 6.07) is 5.93. The number of carbonyl (C=O) groups is 2. The fourth-order valence-electron chi connectivity index (χ4n) is 3.25. The lowest BCUT2D eigenvalue weighted by Crippen LogP contribution is -2.17. The molecule has 3 rings (SSSR count). The second kappa shape index (κ2) is 12.0. The molecule has 0 unspecified atom stereocenters. The molecule has 0 aliphatic carbocycles. The smallest absolute Gasteiger partial charge is 0.341 e. The summed E-state index contributed by atoms with van der Waals surface area (Å²) in [5.41, 5.74) is 3.58. The van der Waals surface area contributed by atoms with Crippen LogP contribution < -0.4 is 10.1 Å². The van der Waals surface area contributed by atoms with Crippen molar-refractivity contribution in [3.8, 4) is 5.75 Å². The van der Waals surface area contributed by atoms with E-state index in [0.29, 0.717) is 28.1 Å². The number of aromatic nitrogens is 3. The number of esters is 1. The molecule has 186 valence electrons. The van der Waals surface area contributed by atoms with Gasteiger partial charge in [0.2, 0.25) is 5.91 Å². The number of allylic oxidation sites excluding steroid dienone is 1. The van der Waals surface area contributed by atoms with E-state index in [0.717, 1.165) is 21.8 Å². The van der Waals surface area contributed by atoms with Crippen molar-refractivity contribution in [1.29, 1.82) is 0 Å². The number of thioether (sulfide) groups is 1. The molecule has 35 heavy (non-hydrogen) atoms. The number of hydrogen-bond acceptors (Lipinski definition) is 8. The molecule has 8 nitrogen and oxygen atoms in total. The van der Waals surface area contributed by atoms with Crippen molar-refractivity contribution in [3.05, 3.63) is 63.8 Å². The average Bonchev–Trinajstić information content (AvgIpc) is 3.33. The number of carbonyl (C=O) groups excluding carboxylic acids is 2. The van der Waals surface area contributed by atoms with Gasteiger partial charge in [0, 0.05) is 11.4 Å². The summed E-state index contributed by atoms with van der Waals surface area (Å²) in [6.07, 6.45) is 1.75. The molecule has 1 aromatic carbocycles. The van der Waals surface area contributed by atoms with Gasteiger partial charge in [0.25, 0.3) is 0 Å². The van der Waals surface area contributed by atoms with E-state index in [4.69, 9.17) is 9.47 Å². The Hall–Kier alpha value is -3.11. The molecule has 0 spiro atoms. The minimum atomic E-state index is -0.434. The van der Waals surface area contributed by atoms with Gasteiger partial charge in [-0.15, -0.1) is 28.1 Å². The molecule has 0 radical (unpaired) electrons. The van der Waals surface area contributed by atoms with Crippen LogP contribution >= 0.6 is 23.1 Å². The Labute approximate surface area is 213 Å². The number of amides is 1. The van der Waals surface area contributed by atoms with Crippen molar-refractivity contribution in [3.63, 3.8) is 0 Å². The van der Waals surface area contributed by atoms with Crippen molar-refractivity contribution in [2.45, 2.75) is 52.9 Å². The van der Waals surface area contributed by atoms with Gasteiger partial charge in [-0.25, -0.2) is 4.79 Å². The minimum Gasteiger partial charge on any atom is -0.486 e. The van der Waals surface area contributed by atoms with E-state index in [2.05, 4.69) is 29.0 Å². The van der Waals surface area contributed by atoms with Crippen LogP contribution in [0.4, 0.5) is 5.00 Å². The van der Waals surface area contributed by atoms with Crippen LogP contribution in [0.2, 0.25) is 0 Å². The Morgan fingerprint density at radius 3 is 2.66 bits per heavy atom. The zero-order valence-electron chi connectivity index (χ0n) is 20.6. The van der Waals surface area contributed by atoms with Crippen LogP contribution in [-0.2, 0) is 22.7 Å². The highest BCUT2D eigenvalue weighted by Crippen LogP contribution is 2.33. The van der Waals surface area contributed by atoms with E-state index >= 15 is 0 Å². The number of thiophene rings is 1. The number of rotatable bonds is 11. The molecule has 3 aromatic rings. The molecule has 0 saturated heterocycles. The van der Waals surface area contributed by atoms with E-state index in [9.17, 15) is 9.59 Å². The van der Waals surface area contributed by atoms with Crippen LogP contribution in [0.1, 0.15) is 44.7 Å². The van der Waals surface area contributed by atoms with Crippen molar-refractivity contribution < 1.29 is 19.1 Å². The summed E-state index contributed by atoms with van der Waals surface area (Å²) in [6.45, 7) is 14.4. The first-order valence-corrected chi connectivity index (χ1v) is 13.0. The second-order valence-electron chi connectivity index (χ2n) is 7.88. The van der Waals surface area contributed by atoms with Crippen LogP contribution in [0, 0.1) is 27.7 Å². The Morgan fingerprint density at radius 1 is 1.20 bits per heavy atom. The topological polar surface area (TPSA) is 95.3 Å². The molecule has 0 aliphatic heterocycles. The first kappa shape index (κ1) is 26.5. The molecule has 0 atom stereocenters. The number of ether oxygens (including phenoxy) is 2. The molecule has 1 N–H and O–H groups in total. The number of nitrogens with one attached hydrogen (secondary N) is 1. The van der Waals surface area contributed by atoms with E-state index in [1.54, 1.807) is 13.0 Å². The van der Waals surface area contributed by atoms with Gasteiger partial charge in [-0.1, -0.05) is 23.9 Å². The van der Waals surface area contributed by atoms with Crippen LogP contribution in [0.3, 0.4) is 0 Å². The van der Waals surface area contributed by atoms with E-state index < -0.39 is 5.97 Å². The zero-order chi connectivity index (χ0) is 25.5. The van der Waals surface area contributed by atoms with E-state index in [-0.39, 0.29) is 24.9 Å². The predicted molar refractivity (Wildman–Crippen MR) is 140 cm³/mol. The highest BCUT2D eigenvalue weighted by Gasteiger charge is 2.22. The lowest BCUT2D eigenvalue weighted by molar-refractivity contribution is -0.113. The first-order valence-electron chi connectivity index (χ1n) is 11.2. The quantitative estimate of drug-likeness (QED) is 0.212. The van der Waals surface area contributed by atoms with Crippen LogP contribution in [0.5, 0.6) is 5.75 Å². The monoisotopic (exact) mass is 514 g/mol. The lowest BCUT2D eigenvalue weighted by atomic mass is 10.1. The van der Waals surface area contributed by atoms with Crippen molar-refractivity contribution in [2.75, 3.05) is 17.7 Å². The summed E-state index contributed by atoms with van der Waals surface area (Å²) in [5, 5.41) is 12.4. The highest BCUT2D eigenvalue weighted by atomic mass is 32.2. The molecule has 2 heterocycles. The SMILES string of the molecule is C=CCn1c(COc2ccc(C)c(C)c2)nnc1SCC(=O)Nc1sc(C)c(C)c1C(=O)OCC. The summed E-state index contributed by atoms with van der Waals surface area (Å²) in [5.74, 6) is 0.819. The Balaban J connectivity index is 1.66. The molecule has 0 saturated carbocycles. The fourth-order valence-corrected chi connectivity index (χ4v) is 5.08. The highest BCUT2D eigenvalue weighted by molar-refractivity contribution is 7.99. The maximum atomic E-state index is 12.7. The van der Waals surface area contributed by atoms with Crippen molar-refractivity contribution in [1.82, 2.24) is 14.8 Å². The molecule has 0 fully saturated rings. The van der Waals surface area contributed by atoms with E-state index in [1.165, 1.54) is 28.7 Å². The van der Waals surface area contributed by atoms with E-state index in [1.807, 2.05) is 43.5 Å². The summed E-state index contributed by atoms with van der Waals surface area (Å²) >= 11 is 2.62. The van der Waals surface area contributed by atoms with Gasteiger partial charge in [-0.2, -0.15) is 0 Å². The number of aryl methyl sites for hydroxylation is 3. The molecular formula is C25H30N4O4S2.